The predicted molar refractivity (Wildman–Crippen MR) is 140 cm³/mol. The average molecular weight is 559 g/mol. The first-order chi connectivity index (χ1) is 16.3. The van der Waals surface area contributed by atoms with Crippen LogP contribution in [0.4, 0.5) is 5.69 Å². The SMILES string of the molecule is Cc1nn(Cc2ccc(Cl)c(Cl)c2)c(C)c1NC(=O)c1cccc(COc2cccc(Br)c2)c1. The molecule has 0 saturated carbocycles. The maximum atomic E-state index is 13.0. The molecule has 0 bridgehead atoms. The van der Waals surface area contributed by atoms with Gasteiger partial charge in [0.25, 0.3) is 5.91 Å². The van der Waals surface area contributed by atoms with Crippen molar-refractivity contribution in [2.75, 3.05) is 5.32 Å². The van der Waals surface area contributed by atoms with E-state index >= 15 is 0 Å². The van der Waals surface area contributed by atoms with Gasteiger partial charge in [0.15, 0.2) is 0 Å². The number of nitrogens with one attached hydrogen (secondary N) is 1. The molecule has 0 aliphatic carbocycles. The Balaban J connectivity index is 1.46. The number of halogens is 3. The predicted octanol–water partition coefficient (Wildman–Crippen LogP) is 7.45. The molecule has 5 nitrogen and oxygen atoms in total. The molecule has 34 heavy (non-hydrogen) atoms. The largest absolute Gasteiger partial charge is 0.489 e. The standard InChI is InChI=1S/C26H22BrCl2N3O2/c1-16-25(17(2)32(31-16)14-18-9-10-23(28)24(29)12-18)30-26(33)20-6-3-5-19(11-20)15-34-22-8-4-7-21(27)13-22/h3-13H,14-15H2,1-2H3,(H,30,33). The van der Waals surface area contributed by atoms with Crippen molar-refractivity contribution in [1.29, 1.82) is 0 Å². The fourth-order valence-electron chi connectivity index (χ4n) is 3.55. The first-order valence-electron chi connectivity index (χ1n) is 10.6. The lowest BCUT2D eigenvalue weighted by Crippen LogP contribution is -2.14. The van der Waals surface area contributed by atoms with Crippen molar-refractivity contribution in [3.8, 4) is 5.75 Å². The molecule has 4 aromatic rings. The highest BCUT2D eigenvalue weighted by Crippen LogP contribution is 2.25. The van der Waals surface area contributed by atoms with Crippen LogP contribution in [0.5, 0.6) is 5.75 Å². The highest BCUT2D eigenvalue weighted by Gasteiger charge is 2.16. The molecule has 1 N–H and O–H groups in total. The number of carbonyl (C=O) groups is 1. The molecule has 1 heterocycles. The van der Waals surface area contributed by atoms with Gasteiger partial charge in [0.1, 0.15) is 12.4 Å². The van der Waals surface area contributed by atoms with Gasteiger partial charge in [-0.3, -0.25) is 9.48 Å². The Labute approximate surface area is 216 Å². The van der Waals surface area contributed by atoms with Crippen molar-refractivity contribution in [2.45, 2.75) is 27.0 Å². The van der Waals surface area contributed by atoms with Gasteiger partial charge in [-0.2, -0.15) is 5.10 Å². The van der Waals surface area contributed by atoms with Gasteiger partial charge in [-0.1, -0.05) is 63.4 Å². The number of anilines is 1. The highest BCUT2D eigenvalue weighted by molar-refractivity contribution is 9.10. The van der Waals surface area contributed by atoms with Crippen molar-refractivity contribution < 1.29 is 9.53 Å². The summed E-state index contributed by atoms with van der Waals surface area (Å²) in [4.78, 5) is 13.0. The van der Waals surface area contributed by atoms with Crippen LogP contribution in [-0.2, 0) is 13.2 Å². The van der Waals surface area contributed by atoms with Crippen LogP contribution in [0, 0.1) is 13.8 Å². The summed E-state index contributed by atoms with van der Waals surface area (Å²) >= 11 is 15.6. The van der Waals surface area contributed by atoms with E-state index < -0.39 is 0 Å². The lowest BCUT2D eigenvalue weighted by molar-refractivity contribution is 0.102. The molecule has 0 spiro atoms. The van der Waals surface area contributed by atoms with Crippen LogP contribution < -0.4 is 10.1 Å². The summed E-state index contributed by atoms with van der Waals surface area (Å²) in [6.07, 6.45) is 0. The Morgan fingerprint density at radius 1 is 1.00 bits per heavy atom. The Kier molecular flexibility index (Phi) is 7.61. The number of rotatable bonds is 7. The number of benzene rings is 3. The Morgan fingerprint density at radius 3 is 2.56 bits per heavy atom. The van der Waals surface area contributed by atoms with Crippen LogP contribution >= 0.6 is 39.1 Å². The van der Waals surface area contributed by atoms with Crippen LogP contribution in [0.15, 0.2) is 71.2 Å². The van der Waals surface area contributed by atoms with E-state index in [9.17, 15) is 4.79 Å². The number of carbonyl (C=O) groups excluding carboxylic acids is 1. The summed E-state index contributed by atoms with van der Waals surface area (Å²) in [6.45, 7) is 4.67. The zero-order valence-corrected chi connectivity index (χ0v) is 21.7. The fourth-order valence-corrected chi connectivity index (χ4v) is 4.25. The second-order valence-electron chi connectivity index (χ2n) is 7.85. The lowest BCUT2D eigenvalue weighted by Gasteiger charge is -2.10. The molecular formula is C26H22BrCl2N3O2. The third-order valence-electron chi connectivity index (χ3n) is 5.33. The van der Waals surface area contributed by atoms with E-state index in [4.69, 9.17) is 27.9 Å². The summed E-state index contributed by atoms with van der Waals surface area (Å²) in [5.74, 6) is 0.550. The minimum Gasteiger partial charge on any atom is -0.489 e. The molecule has 1 aromatic heterocycles. The molecule has 1 amide bonds. The molecule has 174 valence electrons. The number of aryl methyl sites for hydroxylation is 1. The van der Waals surface area contributed by atoms with E-state index in [1.165, 1.54) is 0 Å². The zero-order chi connectivity index (χ0) is 24.2. The molecule has 0 unspecified atom stereocenters. The molecule has 4 rings (SSSR count). The van der Waals surface area contributed by atoms with Crippen LogP contribution in [-0.4, -0.2) is 15.7 Å². The van der Waals surface area contributed by atoms with E-state index in [1.807, 2.05) is 73.1 Å². The molecular weight excluding hydrogens is 537 g/mol. The second-order valence-corrected chi connectivity index (χ2v) is 9.58. The number of aromatic nitrogens is 2. The Morgan fingerprint density at radius 2 is 1.79 bits per heavy atom. The lowest BCUT2D eigenvalue weighted by atomic mass is 10.1. The summed E-state index contributed by atoms with van der Waals surface area (Å²) in [5.41, 5.74) is 4.70. The number of nitrogens with zero attached hydrogens (tertiary/aromatic N) is 2. The normalized spacial score (nSPS) is 10.9. The van der Waals surface area contributed by atoms with Gasteiger partial charge in [-0.15, -0.1) is 0 Å². The quantitative estimate of drug-likeness (QED) is 0.256. The number of hydrogen-bond acceptors (Lipinski definition) is 3. The summed E-state index contributed by atoms with van der Waals surface area (Å²) < 4.78 is 8.63. The van der Waals surface area contributed by atoms with Crippen molar-refractivity contribution in [3.05, 3.63) is 109 Å². The van der Waals surface area contributed by atoms with Gasteiger partial charge >= 0.3 is 0 Å². The zero-order valence-electron chi connectivity index (χ0n) is 18.6. The van der Waals surface area contributed by atoms with E-state index in [2.05, 4.69) is 26.3 Å². The van der Waals surface area contributed by atoms with Crippen molar-refractivity contribution in [1.82, 2.24) is 9.78 Å². The van der Waals surface area contributed by atoms with Gasteiger partial charge in [0, 0.05) is 10.0 Å². The van der Waals surface area contributed by atoms with Crippen LogP contribution in [0.2, 0.25) is 10.0 Å². The van der Waals surface area contributed by atoms with Crippen molar-refractivity contribution in [2.24, 2.45) is 0 Å². The highest BCUT2D eigenvalue weighted by atomic mass is 79.9. The fraction of sp³-hybridized carbons (Fsp3) is 0.154. The van der Waals surface area contributed by atoms with E-state index in [-0.39, 0.29) is 5.91 Å². The monoisotopic (exact) mass is 557 g/mol. The molecule has 8 heteroatoms. The smallest absolute Gasteiger partial charge is 0.255 e. The third kappa shape index (κ3) is 5.81. The molecule has 0 aliphatic heterocycles. The molecule has 3 aromatic carbocycles. The summed E-state index contributed by atoms with van der Waals surface area (Å²) in [6, 6.07) is 20.5. The maximum absolute atomic E-state index is 13.0. The van der Waals surface area contributed by atoms with E-state index in [1.54, 1.807) is 12.1 Å². The number of hydrogen-bond donors (Lipinski definition) is 1. The third-order valence-corrected chi connectivity index (χ3v) is 6.56. The Bertz CT molecular complexity index is 1350. The molecule has 0 saturated heterocycles. The minimum absolute atomic E-state index is 0.204. The average Bonchev–Trinajstić information content (AvgIpc) is 3.07. The number of amides is 1. The molecule has 0 aliphatic rings. The van der Waals surface area contributed by atoms with E-state index in [0.717, 1.165) is 32.7 Å². The second kappa shape index (κ2) is 10.6. The van der Waals surface area contributed by atoms with Gasteiger partial charge in [-0.05, 0) is 67.4 Å². The van der Waals surface area contributed by atoms with Gasteiger partial charge in [-0.25, -0.2) is 0 Å². The van der Waals surface area contributed by atoms with Gasteiger partial charge < -0.3 is 10.1 Å². The van der Waals surface area contributed by atoms with E-state index in [0.29, 0.717) is 34.4 Å². The van der Waals surface area contributed by atoms with Gasteiger partial charge in [0.2, 0.25) is 0 Å². The number of ether oxygens (including phenoxy) is 1. The minimum atomic E-state index is -0.204. The summed E-state index contributed by atoms with van der Waals surface area (Å²) in [7, 11) is 0. The van der Waals surface area contributed by atoms with Crippen molar-refractivity contribution in [3.63, 3.8) is 0 Å². The van der Waals surface area contributed by atoms with Crippen LogP contribution in [0.3, 0.4) is 0 Å². The van der Waals surface area contributed by atoms with Crippen LogP contribution in [0.25, 0.3) is 0 Å². The van der Waals surface area contributed by atoms with Crippen molar-refractivity contribution >= 4 is 50.7 Å². The first kappa shape index (κ1) is 24.3. The Hall–Kier alpha value is -2.80. The molecule has 0 fully saturated rings. The first-order valence-corrected chi connectivity index (χ1v) is 12.1. The molecule has 0 atom stereocenters. The topological polar surface area (TPSA) is 56.2 Å². The summed E-state index contributed by atoms with van der Waals surface area (Å²) in [5, 5.41) is 8.62. The maximum Gasteiger partial charge on any atom is 0.255 e. The molecule has 0 radical (unpaired) electrons. The van der Waals surface area contributed by atoms with Crippen LogP contribution in [0.1, 0.15) is 32.9 Å². The van der Waals surface area contributed by atoms with Gasteiger partial charge in [0.05, 0.1) is 33.7 Å².